The average Bonchev–Trinajstić information content (AvgIpc) is 3.10. The van der Waals surface area contributed by atoms with Crippen LogP contribution in [-0.4, -0.2) is 26.8 Å². The maximum Gasteiger partial charge on any atom is 0.328 e. The van der Waals surface area contributed by atoms with E-state index in [1.54, 1.807) is 0 Å². The molecule has 1 aromatic carbocycles. The van der Waals surface area contributed by atoms with Crippen LogP contribution in [0.15, 0.2) is 36.5 Å². The second kappa shape index (κ2) is 7.96. The Kier molecular flexibility index (Phi) is 5.96. The van der Waals surface area contributed by atoms with Crippen molar-refractivity contribution in [1.29, 1.82) is 0 Å². The molecule has 0 aliphatic heterocycles. The third kappa shape index (κ3) is 4.47. The monoisotopic (exact) mass is 343 g/mol. The van der Waals surface area contributed by atoms with Crippen molar-refractivity contribution >= 4 is 11.9 Å². The summed E-state index contributed by atoms with van der Waals surface area (Å²) in [4.78, 5) is 23.3. The number of hydrogen-bond acceptors (Lipinski definition) is 3. The largest absolute Gasteiger partial charge is 0.480 e. The number of amides is 1. The lowest BCUT2D eigenvalue weighted by atomic mass is 9.96. The molecule has 1 amide bonds. The van der Waals surface area contributed by atoms with E-state index in [2.05, 4.69) is 36.4 Å². The van der Waals surface area contributed by atoms with Gasteiger partial charge in [-0.25, -0.2) is 4.79 Å². The van der Waals surface area contributed by atoms with Crippen molar-refractivity contribution in [3.05, 3.63) is 53.3 Å². The molecule has 6 nitrogen and oxygen atoms in total. The lowest BCUT2D eigenvalue weighted by Gasteiger charge is -2.15. The third-order valence-electron chi connectivity index (χ3n) is 4.56. The third-order valence-corrected chi connectivity index (χ3v) is 4.56. The number of aromatic nitrogens is 2. The molecule has 0 aliphatic rings. The summed E-state index contributed by atoms with van der Waals surface area (Å²) in [5.74, 6) is -0.807. The lowest BCUT2D eigenvalue weighted by Crippen LogP contribution is -2.27. The smallest absolute Gasteiger partial charge is 0.328 e. The van der Waals surface area contributed by atoms with Crippen molar-refractivity contribution in [1.82, 2.24) is 15.1 Å². The summed E-state index contributed by atoms with van der Waals surface area (Å²) in [6.07, 6.45) is 2.59. The Morgan fingerprint density at radius 2 is 1.72 bits per heavy atom. The van der Waals surface area contributed by atoms with E-state index >= 15 is 0 Å². The molecule has 3 unspecified atom stereocenters. The molecule has 0 saturated heterocycles. The molecular weight excluding hydrogens is 318 g/mol. The van der Waals surface area contributed by atoms with Gasteiger partial charge in [-0.15, -0.1) is 0 Å². The van der Waals surface area contributed by atoms with Crippen LogP contribution in [0, 0.1) is 0 Å². The van der Waals surface area contributed by atoms with E-state index in [0.29, 0.717) is 5.92 Å². The minimum Gasteiger partial charge on any atom is -0.480 e. The first-order chi connectivity index (χ1) is 11.8. The van der Waals surface area contributed by atoms with Crippen molar-refractivity contribution in [3.8, 4) is 0 Å². The van der Waals surface area contributed by atoms with E-state index in [1.165, 1.54) is 29.4 Å². The zero-order valence-electron chi connectivity index (χ0n) is 15.1. The first-order valence-electron chi connectivity index (χ1n) is 8.52. The lowest BCUT2D eigenvalue weighted by molar-refractivity contribution is -0.140. The molecule has 2 rings (SSSR count). The van der Waals surface area contributed by atoms with Gasteiger partial charge < -0.3 is 10.4 Å². The van der Waals surface area contributed by atoms with Crippen LogP contribution in [0.3, 0.4) is 0 Å². The summed E-state index contributed by atoms with van der Waals surface area (Å²) in [7, 11) is 0. The van der Waals surface area contributed by atoms with Gasteiger partial charge >= 0.3 is 5.97 Å². The van der Waals surface area contributed by atoms with Gasteiger partial charge in [0.15, 0.2) is 0 Å². The van der Waals surface area contributed by atoms with Gasteiger partial charge in [0.05, 0.1) is 6.04 Å². The van der Waals surface area contributed by atoms with E-state index in [-0.39, 0.29) is 17.6 Å². The van der Waals surface area contributed by atoms with Crippen LogP contribution in [0.1, 0.15) is 73.7 Å². The van der Waals surface area contributed by atoms with Crippen molar-refractivity contribution in [2.45, 2.75) is 52.1 Å². The normalized spacial score (nSPS) is 14.6. The van der Waals surface area contributed by atoms with Gasteiger partial charge in [-0.2, -0.15) is 5.10 Å². The fourth-order valence-electron chi connectivity index (χ4n) is 2.49. The van der Waals surface area contributed by atoms with Crippen LogP contribution in [0.2, 0.25) is 0 Å². The number of rotatable bonds is 7. The van der Waals surface area contributed by atoms with E-state index in [4.69, 9.17) is 5.11 Å². The predicted molar refractivity (Wildman–Crippen MR) is 95.6 cm³/mol. The van der Waals surface area contributed by atoms with Crippen molar-refractivity contribution in [3.63, 3.8) is 0 Å². The molecule has 0 fully saturated rings. The second-order valence-electron chi connectivity index (χ2n) is 6.37. The van der Waals surface area contributed by atoms with Crippen LogP contribution in [-0.2, 0) is 4.79 Å². The number of benzene rings is 1. The zero-order chi connectivity index (χ0) is 18.6. The van der Waals surface area contributed by atoms with E-state index in [1.807, 2.05) is 19.1 Å². The summed E-state index contributed by atoms with van der Waals surface area (Å²) in [5.41, 5.74) is 2.50. The SMILES string of the molecule is CCC(C)c1ccc(C(C)NC(=O)c2ccn(C(C)C(=O)O)n2)cc1. The van der Waals surface area contributed by atoms with Crippen LogP contribution in [0.25, 0.3) is 0 Å². The Balaban J connectivity index is 2.03. The molecule has 0 radical (unpaired) electrons. The summed E-state index contributed by atoms with van der Waals surface area (Å²) in [5, 5.41) is 15.9. The van der Waals surface area contributed by atoms with Gasteiger partial charge in [0, 0.05) is 6.20 Å². The molecule has 0 saturated carbocycles. The van der Waals surface area contributed by atoms with E-state index in [9.17, 15) is 9.59 Å². The molecule has 0 bridgehead atoms. The Morgan fingerprint density at radius 3 is 2.28 bits per heavy atom. The van der Waals surface area contributed by atoms with Crippen molar-refractivity contribution < 1.29 is 14.7 Å². The summed E-state index contributed by atoms with van der Waals surface area (Å²) < 4.78 is 1.27. The number of aliphatic carboxylic acids is 1. The molecule has 3 atom stereocenters. The van der Waals surface area contributed by atoms with E-state index < -0.39 is 12.0 Å². The summed E-state index contributed by atoms with van der Waals surface area (Å²) in [6, 6.07) is 8.78. The molecule has 1 heterocycles. The average molecular weight is 343 g/mol. The molecule has 0 aliphatic carbocycles. The van der Waals surface area contributed by atoms with Gasteiger partial charge in [0.25, 0.3) is 5.91 Å². The standard InChI is InChI=1S/C19H25N3O3/c1-5-12(2)15-6-8-16(9-7-15)13(3)20-18(23)17-10-11-22(21-17)14(4)19(24)25/h6-14H,5H2,1-4H3,(H,20,23)(H,24,25). The molecule has 0 spiro atoms. The quantitative estimate of drug-likeness (QED) is 0.805. The highest BCUT2D eigenvalue weighted by molar-refractivity contribution is 5.92. The highest BCUT2D eigenvalue weighted by Crippen LogP contribution is 2.21. The number of hydrogen-bond donors (Lipinski definition) is 2. The molecule has 2 aromatic rings. The second-order valence-corrected chi connectivity index (χ2v) is 6.37. The molecule has 1 aromatic heterocycles. The number of carboxylic acid groups (broad SMARTS) is 1. The maximum absolute atomic E-state index is 12.3. The topological polar surface area (TPSA) is 84.2 Å². The number of carbonyl (C=O) groups is 2. The van der Waals surface area contributed by atoms with Gasteiger partial charge in [0.2, 0.25) is 0 Å². The number of carboxylic acids is 1. The molecular formula is C19H25N3O3. The van der Waals surface area contributed by atoms with E-state index in [0.717, 1.165) is 12.0 Å². The Hall–Kier alpha value is -2.63. The number of carbonyl (C=O) groups excluding carboxylic acids is 1. The Labute approximate surface area is 147 Å². The Morgan fingerprint density at radius 1 is 1.12 bits per heavy atom. The van der Waals surface area contributed by atoms with Gasteiger partial charge in [-0.05, 0) is 43.4 Å². The minimum absolute atomic E-state index is 0.166. The highest BCUT2D eigenvalue weighted by atomic mass is 16.4. The van der Waals surface area contributed by atoms with Gasteiger partial charge in [0.1, 0.15) is 11.7 Å². The van der Waals surface area contributed by atoms with Crippen molar-refractivity contribution in [2.75, 3.05) is 0 Å². The van der Waals surface area contributed by atoms with Crippen LogP contribution in [0.4, 0.5) is 0 Å². The number of nitrogens with one attached hydrogen (secondary N) is 1. The number of nitrogens with zero attached hydrogens (tertiary/aromatic N) is 2. The van der Waals surface area contributed by atoms with Crippen LogP contribution >= 0.6 is 0 Å². The fourth-order valence-corrected chi connectivity index (χ4v) is 2.49. The van der Waals surface area contributed by atoms with Gasteiger partial charge in [-0.3, -0.25) is 9.48 Å². The first-order valence-corrected chi connectivity index (χ1v) is 8.52. The maximum atomic E-state index is 12.3. The molecule has 6 heteroatoms. The fraction of sp³-hybridized carbons (Fsp3) is 0.421. The van der Waals surface area contributed by atoms with Crippen LogP contribution < -0.4 is 5.32 Å². The highest BCUT2D eigenvalue weighted by Gasteiger charge is 2.18. The van der Waals surface area contributed by atoms with Crippen molar-refractivity contribution in [2.24, 2.45) is 0 Å². The zero-order valence-corrected chi connectivity index (χ0v) is 15.1. The van der Waals surface area contributed by atoms with Crippen LogP contribution in [0.5, 0.6) is 0 Å². The predicted octanol–water partition coefficient (Wildman–Crippen LogP) is 3.53. The van der Waals surface area contributed by atoms with Gasteiger partial charge in [-0.1, -0.05) is 38.1 Å². The minimum atomic E-state index is -0.996. The Bertz CT molecular complexity index is 737. The molecule has 25 heavy (non-hydrogen) atoms. The summed E-state index contributed by atoms with van der Waals surface area (Å²) in [6.45, 7) is 7.77. The first kappa shape index (κ1) is 18.7. The summed E-state index contributed by atoms with van der Waals surface area (Å²) >= 11 is 0. The molecule has 134 valence electrons. The molecule has 2 N–H and O–H groups in total.